The van der Waals surface area contributed by atoms with Gasteiger partial charge in [0.2, 0.25) is 0 Å². The molecule has 0 fully saturated rings. The van der Waals surface area contributed by atoms with Crippen molar-refractivity contribution >= 4 is 0 Å². The van der Waals surface area contributed by atoms with Gasteiger partial charge in [-0.1, -0.05) is 0 Å². The Kier molecular flexibility index (Phi) is 1.24. The van der Waals surface area contributed by atoms with Gasteiger partial charge in [-0.25, -0.2) is 0 Å². The summed E-state index contributed by atoms with van der Waals surface area (Å²) in [7, 11) is 0. The van der Waals surface area contributed by atoms with E-state index >= 15 is 0 Å². The second kappa shape index (κ2) is 2.09. The van der Waals surface area contributed by atoms with Crippen LogP contribution in [-0.2, 0) is 6.54 Å². The second-order valence-corrected chi connectivity index (χ2v) is 2.73. The number of nitrogens with zero attached hydrogens (tertiary/aromatic N) is 2. The third-order valence-corrected chi connectivity index (χ3v) is 2.01. The third-order valence-electron chi connectivity index (χ3n) is 2.01. The van der Waals surface area contributed by atoms with Crippen molar-refractivity contribution < 1.29 is 0 Å². The quantitative estimate of drug-likeness (QED) is 0.571. The second-order valence-electron chi connectivity index (χ2n) is 2.73. The van der Waals surface area contributed by atoms with E-state index in [1.165, 1.54) is 5.69 Å². The maximum Gasteiger partial charge on any atom is 0.0551 e. The molecule has 0 saturated heterocycles. The summed E-state index contributed by atoms with van der Waals surface area (Å²) in [6.07, 6.45) is 4.09. The van der Waals surface area contributed by atoms with E-state index in [0.717, 1.165) is 19.4 Å². The molecule has 1 atom stereocenters. The minimum Gasteiger partial charge on any atom is -0.323 e. The minimum absolute atomic E-state index is 0.219. The predicted molar refractivity (Wildman–Crippen MR) is 38.4 cm³/mol. The van der Waals surface area contributed by atoms with Crippen molar-refractivity contribution in [3.63, 3.8) is 0 Å². The Morgan fingerprint density at radius 2 is 2.60 bits per heavy atom. The topological polar surface area (TPSA) is 43.8 Å². The van der Waals surface area contributed by atoms with E-state index < -0.39 is 0 Å². The van der Waals surface area contributed by atoms with Crippen molar-refractivity contribution in [3.05, 3.63) is 18.0 Å². The fourth-order valence-corrected chi connectivity index (χ4v) is 1.45. The molecule has 1 aromatic heterocycles. The molecule has 0 amide bonds. The Labute approximate surface area is 59.8 Å². The summed E-state index contributed by atoms with van der Waals surface area (Å²) in [6.45, 7) is 1.04. The summed E-state index contributed by atoms with van der Waals surface area (Å²) < 4.78 is 1.99. The predicted octanol–water partition coefficient (Wildman–Crippen LogP) is 0.677. The van der Waals surface area contributed by atoms with Crippen LogP contribution in [0.25, 0.3) is 0 Å². The Hall–Kier alpha value is -0.830. The van der Waals surface area contributed by atoms with Crippen LogP contribution in [0.2, 0.25) is 0 Å². The summed E-state index contributed by atoms with van der Waals surface area (Å²) in [5.74, 6) is 0. The average Bonchev–Trinajstić information content (AvgIpc) is 2.36. The number of aromatic nitrogens is 2. The molecule has 1 aromatic rings. The van der Waals surface area contributed by atoms with Crippen LogP contribution < -0.4 is 5.73 Å². The van der Waals surface area contributed by atoms with Crippen molar-refractivity contribution in [3.8, 4) is 0 Å². The van der Waals surface area contributed by atoms with Crippen molar-refractivity contribution in [2.75, 3.05) is 0 Å². The van der Waals surface area contributed by atoms with Gasteiger partial charge in [0, 0.05) is 18.8 Å². The van der Waals surface area contributed by atoms with Crippen LogP contribution in [0.4, 0.5) is 0 Å². The lowest BCUT2D eigenvalue weighted by molar-refractivity contribution is 0.430. The highest BCUT2D eigenvalue weighted by molar-refractivity contribution is 5.07. The van der Waals surface area contributed by atoms with Gasteiger partial charge in [-0.15, -0.1) is 0 Å². The van der Waals surface area contributed by atoms with Crippen LogP contribution in [0.15, 0.2) is 12.3 Å². The number of aryl methyl sites for hydroxylation is 1. The maximum atomic E-state index is 5.83. The normalized spacial score (nSPS) is 24.3. The van der Waals surface area contributed by atoms with Gasteiger partial charge in [0.05, 0.1) is 5.69 Å². The van der Waals surface area contributed by atoms with Gasteiger partial charge in [0.15, 0.2) is 0 Å². The Bertz CT molecular complexity index is 229. The molecule has 10 heavy (non-hydrogen) atoms. The third kappa shape index (κ3) is 0.743. The monoisotopic (exact) mass is 137 g/mol. The Morgan fingerprint density at radius 3 is 3.40 bits per heavy atom. The molecule has 0 bridgehead atoms. The summed E-state index contributed by atoms with van der Waals surface area (Å²) in [6, 6.07) is 2.22. The first kappa shape index (κ1) is 5.92. The van der Waals surface area contributed by atoms with E-state index in [1.54, 1.807) is 0 Å². The lowest BCUT2D eigenvalue weighted by atomic mass is 10.1. The average molecular weight is 137 g/mol. The minimum atomic E-state index is 0.219. The molecule has 54 valence electrons. The zero-order valence-electron chi connectivity index (χ0n) is 5.83. The molecule has 2 rings (SSSR count). The first-order valence-electron chi connectivity index (χ1n) is 3.65. The number of rotatable bonds is 0. The van der Waals surface area contributed by atoms with Crippen LogP contribution in [0.3, 0.4) is 0 Å². The molecule has 0 radical (unpaired) electrons. The molecule has 3 heteroatoms. The zero-order chi connectivity index (χ0) is 6.97. The van der Waals surface area contributed by atoms with Crippen LogP contribution in [0.5, 0.6) is 0 Å². The molecule has 2 N–H and O–H groups in total. The molecular weight excluding hydrogens is 126 g/mol. The van der Waals surface area contributed by atoms with Crippen LogP contribution in [0, 0.1) is 0 Å². The Morgan fingerprint density at radius 1 is 1.70 bits per heavy atom. The molecule has 2 heterocycles. The van der Waals surface area contributed by atoms with Gasteiger partial charge >= 0.3 is 0 Å². The molecule has 3 nitrogen and oxygen atoms in total. The molecule has 0 saturated carbocycles. The summed E-state index contributed by atoms with van der Waals surface area (Å²) >= 11 is 0. The molecule has 0 unspecified atom stereocenters. The molecule has 0 aromatic carbocycles. The fraction of sp³-hybridized carbons (Fsp3) is 0.571. The molecule has 1 aliphatic rings. The molecular formula is C7H11N3. The van der Waals surface area contributed by atoms with Gasteiger partial charge in [-0.3, -0.25) is 4.68 Å². The van der Waals surface area contributed by atoms with E-state index in [2.05, 4.69) is 5.10 Å². The van der Waals surface area contributed by atoms with E-state index in [0.29, 0.717) is 0 Å². The standard InChI is InChI=1S/C7H11N3/c8-6-2-1-5-10-7(6)3-4-9-10/h3-4,6H,1-2,5,8H2/t6-/m1/s1. The van der Waals surface area contributed by atoms with Gasteiger partial charge in [0.25, 0.3) is 0 Å². The number of hydrogen-bond acceptors (Lipinski definition) is 2. The summed E-state index contributed by atoms with van der Waals surface area (Å²) in [5, 5.41) is 4.14. The summed E-state index contributed by atoms with van der Waals surface area (Å²) in [4.78, 5) is 0. The van der Waals surface area contributed by atoms with Gasteiger partial charge in [0.1, 0.15) is 0 Å². The highest BCUT2D eigenvalue weighted by atomic mass is 15.3. The first-order valence-corrected chi connectivity index (χ1v) is 3.65. The van der Waals surface area contributed by atoms with Gasteiger partial charge in [-0.05, 0) is 18.9 Å². The number of nitrogens with two attached hydrogens (primary N) is 1. The van der Waals surface area contributed by atoms with Crippen LogP contribution in [-0.4, -0.2) is 9.78 Å². The number of fused-ring (bicyclic) bond motifs is 1. The van der Waals surface area contributed by atoms with Crippen molar-refractivity contribution in [2.45, 2.75) is 25.4 Å². The largest absolute Gasteiger partial charge is 0.323 e. The van der Waals surface area contributed by atoms with Crippen molar-refractivity contribution in [1.82, 2.24) is 9.78 Å². The van der Waals surface area contributed by atoms with E-state index in [-0.39, 0.29) is 6.04 Å². The van der Waals surface area contributed by atoms with E-state index in [1.807, 2.05) is 16.9 Å². The highest BCUT2D eigenvalue weighted by Gasteiger charge is 2.15. The lowest BCUT2D eigenvalue weighted by Crippen LogP contribution is -2.21. The SMILES string of the molecule is N[C@@H]1CCCn2nccc21. The first-order chi connectivity index (χ1) is 4.88. The Balaban J connectivity index is 2.41. The molecule has 0 spiro atoms. The van der Waals surface area contributed by atoms with Gasteiger partial charge in [-0.2, -0.15) is 5.10 Å². The highest BCUT2D eigenvalue weighted by Crippen LogP contribution is 2.20. The van der Waals surface area contributed by atoms with Crippen molar-refractivity contribution in [2.24, 2.45) is 5.73 Å². The summed E-state index contributed by atoms with van der Waals surface area (Å²) in [5.41, 5.74) is 7.02. The van der Waals surface area contributed by atoms with Gasteiger partial charge < -0.3 is 5.73 Å². The van der Waals surface area contributed by atoms with E-state index in [9.17, 15) is 0 Å². The zero-order valence-corrected chi connectivity index (χ0v) is 5.83. The lowest BCUT2D eigenvalue weighted by Gasteiger charge is -2.19. The molecule has 0 aliphatic carbocycles. The van der Waals surface area contributed by atoms with Crippen molar-refractivity contribution in [1.29, 1.82) is 0 Å². The number of hydrogen-bond donors (Lipinski definition) is 1. The molecule has 1 aliphatic heterocycles. The van der Waals surface area contributed by atoms with Crippen LogP contribution in [0.1, 0.15) is 24.6 Å². The maximum absolute atomic E-state index is 5.83. The van der Waals surface area contributed by atoms with E-state index in [4.69, 9.17) is 5.73 Å². The van der Waals surface area contributed by atoms with Crippen LogP contribution >= 0.6 is 0 Å². The smallest absolute Gasteiger partial charge is 0.0551 e. The fourth-order valence-electron chi connectivity index (χ4n) is 1.45.